The van der Waals surface area contributed by atoms with Crippen LogP contribution in [-0.4, -0.2) is 27.4 Å². The molecule has 2 aromatic heterocycles. The average Bonchev–Trinajstić information content (AvgIpc) is 3.48. The Kier molecular flexibility index (Phi) is 6.15. The Morgan fingerprint density at radius 1 is 1.27 bits per heavy atom. The molecule has 0 aliphatic heterocycles. The second kappa shape index (κ2) is 8.97. The maximum atomic E-state index is 13.5. The maximum absolute atomic E-state index is 13.5. The molecule has 7 nitrogen and oxygen atoms in total. The van der Waals surface area contributed by atoms with E-state index < -0.39 is 11.9 Å². The molecule has 1 saturated carbocycles. The Hall–Kier alpha value is -2.71. The fourth-order valence-electron chi connectivity index (χ4n) is 3.72. The van der Waals surface area contributed by atoms with Gasteiger partial charge in [0.15, 0.2) is 11.7 Å². The molecule has 156 valence electrons. The zero-order valence-corrected chi connectivity index (χ0v) is 17.9. The first kappa shape index (κ1) is 20.6. The van der Waals surface area contributed by atoms with Crippen LogP contribution in [0.4, 0.5) is 5.69 Å². The van der Waals surface area contributed by atoms with Crippen LogP contribution in [0.25, 0.3) is 0 Å². The van der Waals surface area contributed by atoms with Gasteiger partial charge in [0, 0.05) is 22.1 Å². The fourth-order valence-corrected chi connectivity index (χ4v) is 4.33. The van der Waals surface area contributed by atoms with E-state index in [0.717, 1.165) is 37.2 Å². The lowest BCUT2D eigenvalue weighted by molar-refractivity contribution is -0.123. The lowest BCUT2D eigenvalue weighted by Crippen LogP contribution is -2.46. The predicted molar refractivity (Wildman–Crippen MR) is 115 cm³/mol. The minimum absolute atomic E-state index is 0.0910. The predicted octanol–water partition coefficient (Wildman–Crippen LogP) is 4.54. The number of nitrogens with zero attached hydrogens (tertiary/aromatic N) is 3. The molecule has 9 heteroatoms. The third-order valence-electron chi connectivity index (χ3n) is 5.12. The molecule has 0 unspecified atom stereocenters. The highest BCUT2D eigenvalue weighted by Gasteiger charge is 2.37. The Labute approximate surface area is 183 Å². The molecular weight excluding hydrogens is 424 g/mol. The van der Waals surface area contributed by atoms with Crippen molar-refractivity contribution in [1.29, 1.82) is 0 Å². The summed E-state index contributed by atoms with van der Waals surface area (Å²) in [5, 5.41) is 9.01. The quantitative estimate of drug-likeness (QED) is 0.603. The summed E-state index contributed by atoms with van der Waals surface area (Å²) in [6.45, 7) is 1.80. The molecule has 0 bridgehead atoms. The first-order valence-corrected chi connectivity index (χ1v) is 11.0. The second-order valence-corrected chi connectivity index (χ2v) is 8.33. The van der Waals surface area contributed by atoms with Gasteiger partial charge in [0.05, 0.1) is 0 Å². The number of rotatable bonds is 6. The van der Waals surface area contributed by atoms with Gasteiger partial charge in [-0.1, -0.05) is 35.0 Å². The summed E-state index contributed by atoms with van der Waals surface area (Å²) < 4.78 is 9.61. The molecular formula is C21H21ClN4O3S. The molecule has 3 aromatic rings. The number of aryl methyl sites for hydroxylation is 1. The van der Waals surface area contributed by atoms with E-state index in [9.17, 15) is 9.59 Å². The Morgan fingerprint density at radius 2 is 2.07 bits per heavy atom. The topological polar surface area (TPSA) is 88.3 Å². The van der Waals surface area contributed by atoms with Crippen molar-refractivity contribution in [3.05, 3.63) is 64.0 Å². The van der Waals surface area contributed by atoms with Crippen molar-refractivity contribution in [2.75, 3.05) is 4.90 Å². The van der Waals surface area contributed by atoms with Gasteiger partial charge < -0.3 is 9.73 Å². The number of benzene rings is 1. The standard InChI is InChI=1S/C21H21ClN4O3S/c1-13-9-10-18(29-13)19(20(27)23-15-6-2-3-7-15)26(16-8-4-5-14(22)11-16)21(28)17-12-30-25-24-17/h4-5,8-12,15,19H,2-3,6-7H2,1H3,(H,23,27)/t19-/m0/s1. The first-order chi connectivity index (χ1) is 14.5. The largest absolute Gasteiger partial charge is 0.464 e. The fraction of sp³-hybridized carbons (Fsp3) is 0.333. The number of aromatic nitrogens is 2. The lowest BCUT2D eigenvalue weighted by atomic mass is 10.1. The molecule has 1 aliphatic carbocycles. The van der Waals surface area contributed by atoms with Crippen LogP contribution < -0.4 is 10.2 Å². The van der Waals surface area contributed by atoms with E-state index in [4.69, 9.17) is 16.0 Å². The van der Waals surface area contributed by atoms with Crippen LogP contribution in [0.1, 0.15) is 53.7 Å². The van der Waals surface area contributed by atoms with Gasteiger partial charge in [0.25, 0.3) is 11.8 Å². The molecule has 0 spiro atoms. The monoisotopic (exact) mass is 444 g/mol. The number of hydrogen-bond donors (Lipinski definition) is 1. The smallest absolute Gasteiger partial charge is 0.280 e. The molecule has 2 amide bonds. The summed E-state index contributed by atoms with van der Waals surface area (Å²) in [5.41, 5.74) is 0.628. The lowest BCUT2D eigenvalue weighted by Gasteiger charge is -2.30. The normalized spacial score (nSPS) is 15.1. The summed E-state index contributed by atoms with van der Waals surface area (Å²) in [5.74, 6) is 0.274. The van der Waals surface area contributed by atoms with E-state index in [1.54, 1.807) is 48.7 Å². The summed E-state index contributed by atoms with van der Waals surface area (Å²) in [4.78, 5) is 28.3. The third-order valence-corrected chi connectivity index (χ3v) is 5.86. The van der Waals surface area contributed by atoms with E-state index in [1.807, 2.05) is 0 Å². The Morgan fingerprint density at radius 3 is 2.70 bits per heavy atom. The van der Waals surface area contributed by atoms with Crippen molar-refractivity contribution < 1.29 is 14.0 Å². The highest BCUT2D eigenvalue weighted by molar-refractivity contribution is 7.03. The molecule has 1 N–H and O–H groups in total. The third kappa shape index (κ3) is 4.39. The summed E-state index contributed by atoms with van der Waals surface area (Å²) in [7, 11) is 0. The number of nitrogens with one attached hydrogen (secondary N) is 1. The zero-order valence-electron chi connectivity index (χ0n) is 16.4. The molecule has 1 atom stereocenters. The van der Waals surface area contributed by atoms with E-state index >= 15 is 0 Å². The van der Waals surface area contributed by atoms with Crippen LogP contribution in [-0.2, 0) is 4.79 Å². The highest BCUT2D eigenvalue weighted by Crippen LogP contribution is 2.32. The SMILES string of the molecule is Cc1ccc([C@@H](C(=O)NC2CCCC2)N(C(=O)c2csnn2)c2cccc(Cl)c2)o1. The van der Waals surface area contributed by atoms with Gasteiger partial charge in [-0.15, -0.1) is 5.10 Å². The molecule has 1 aliphatic rings. The van der Waals surface area contributed by atoms with Crippen molar-refractivity contribution in [2.24, 2.45) is 0 Å². The van der Waals surface area contributed by atoms with Crippen LogP contribution in [0.2, 0.25) is 5.02 Å². The zero-order chi connectivity index (χ0) is 21.1. The number of carbonyl (C=O) groups excluding carboxylic acids is 2. The van der Waals surface area contributed by atoms with E-state index in [2.05, 4.69) is 14.9 Å². The van der Waals surface area contributed by atoms with E-state index in [-0.39, 0.29) is 17.6 Å². The molecule has 4 rings (SSSR count). The summed E-state index contributed by atoms with van der Waals surface area (Å²) in [6.07, 6.45) is 4.02. The molecule has 0 saturated heterocycles. The van der Waals surface area contributed by atoms with Gasteiger partial charge in [-0.2, -0.15) is 0 Å². The number of amides is 2. The molecule has 1 fully saturated rings. The van der Waals surface area contributed by atoms with Crippen molar-refractivity contribution in [1.82, 2.24) is 14.9 Å². The minimum atomic E-state index is -1.01. The Balaban J connectivity index is 1.79. The van der Waals surface area contributed by atoms with Crippen LogP contribution >= 0.6 is 23.1 Å². The number of halogens is 1. The van der Waals surface area contributed by atoms with Crippen LogP contribution in [0, 0.1) is 6.92 Å². The number of furan rings is 1. The molecule has 1 aromatic carbocycles. The van der Waals surface area contributed by atoms with Crippen LogP contribution in [0.15, 0.2) is 46.2 Å². The van der Waals surface area contributed by atoms with Crippen LogP contribution in [0.5, 0.6) is 0 Å². The number of anilines is 1. The van der Waals surface area contributed by atoms with Gasteiger partial charge in [0.1, 0.15) is 11.5 Å². The molecule has 2 heterocycles. The van der Waals surface area contributed by atoms with Gasteiger partial charge in [0.2, 0.25) is 0 Å². The van der Waals surface area contributed by atoms with Crippen molar-refractivity contribution >= 4 is 40.6 Å². The van der Waals surface area contributed by atoms with Crippen molar-refractivity contribution in [3.8, 4) is 0 Å². The van der Waals surface area contributed by atoms with Crippen LogP contribution in [0.3, 0.4) is 0 Å². The average molecular weight is 445 g/mol. The van der Waals surface area contributed by atoms with E-state index in [0.29, 0.717) is 22.2 Å². The number of carbonyl (C=O) groups is 2. The van der Waals surface area contributed by atoms with Crippen molar-refractivity contribution in [2.45, 2.75) is 44.7 Å². The van der Waals surface area contributed by atoms with Crippen molar-refractivity contribution in [3.63, 3.8) is 0 Å². The second-order valence-electron chi connectivity index (χ2n) is 7.29. The number of hydrogen-bond acceptors (Lipinski definition) is 6. The maximum Gasteiger partial charge on any atom is 0.280 e. The van der Waals surface area contributed by atoms with E-state index in [1.165, 1.54) is 4.90 Å². The minimum Gasteiger partial charge on any atom is -0.464 e. The Bertz CT molecular complexity index is 1030. The van der Waals surface area contributed by atoms with Gasteiger partial charge in [-0.05, 0) is 61.6 Å². The highest BCUT2D eigenvalue weighted by atomic mass is 35.5. The first-order valence-electron chi connectivity index (χ1n) is 9.76. The molecule has 0 radical (unpaired) electrons. The van der Waals surface area contributed by atoms with Gasteiger partial charge in [-0.3, -0.25) is 14.5 Å². The molecule has 30 heavy (non-hydrogen) atoms. The summed E-state index contributed by atoms with van der Waals surface area (Å²) >= 11 is 7.27. The van der Waals surface area contributed by atoms with Gasteiger partial charge >= 0.3 is 0 Å². The summed E-state index contributed by atoms with van der Waals surface area (Å²) in [6, 6.07) is 9.40. The van der Waals surface area contributed by atoms with Gasteiger partial charge in [-0.25, -0.2) is 0 Å².